The summed E-state index contributed by atoms with van der Waals surface area (Å²) < 4.78 is 5.69. The Morgan fingerprint density at radius 2 is 1.81 bits per heavy atom. The Morgan fingerprint density at radius 3 is 2.54 bits per heavy atom. The van der Waals surface area contributed by atoms with Crippen LogP contribution in [0.25, 0.3) is 11.5 Å². The first-order valence-corrected chi connectivity index (χ1v) is 8.29. The topological polar surface area (TPSA) is 89.4 Å². The molecule has 6 nitrogen and oxygen atoms in total. The molecule has 130 valence electrons. The van der Waals surface area contributed by atoms with Gasteiger partial charge in [-0.25, -0.2) is 4.98 Å². The fraction of sp³-hybridized carbons (Fsp3) is 0.150. The molecule has 2 amide bonds. The Kier molecular flexibility index (Phi) is 3.80. The number of anilines is 1. The number of amides is 2. The molecule has 0 saturated carbocycles. The minimum atomic E-state index is -0.518. The van der Waals surface area contributed by atoms with Crippen molar-refractivity contribution >= 4 is 17.5 Å². The van der Waals surface area contributed by atoms with Crippen LogP contribution in [0.15, 0.2) is 59.0 Å². The molecule has 3 aromatic rings. The monoisotopic (exact) mass is 347 g/mol. The maximum Gasteiger partial charge on any atom is 0.280 e. The molecule has 1 aliphatic rings. The maximum atomic E-state index is 13.1. The third kappa shape index (κ3) is 2.56. The highest BCUT2D eigenvalue weighted by molar-refractivity contribution is 6.08. The van der Waals surface area contributed by atoms with Crippen LogP contribution in [0.4, 0.5) is 5.69 Å². The van der Waals surface area contributed by atoms with Crippen LogP contribution < -0.4 is 10.6 Å². The number of oxazole rings is 1. The molecule has 0 spiro atoms. The molecule has 0 aliphatic carbocycles. The number of rotatable bonds is 3. The average molecular weight is 347 g/mol. The number of carbonyl (C=O) groups is 2. The lowest BCUT2D eigenvalue weighted by Gasteiger charge is -2.16. The molecule has 2 aromatic carbocycles. The highest BCUT2D eigenvalue weighted by atomic mass is 16.4. The number of carbonyl (C=O) groups excluding carboxylic acids is 2. The van der Waals surface area contributed by atoms with Crippen LogP contribution in [0.5, 0.6) is 0 Å². The number of para-hydroxylation sites is 1. The van der Waals surface area contributed by atoms with E-state index in [0.29, 0.717) is 17.3 Å². The Hall–Kier alpha value is -3.41. The van der Waals surface area contributed by atoms with Crippen molar-refractivity contribution < 1.29 is 14.0 Å². The Bertz CT molecular complexity index is 995. The summed E-state index contributed by atoms with van der Waals surface area (Å²) in [5.41, 5.74) is 8.00. The van der Waals surface area contributed by atoms with E-state index in [4.69, 9.17) is 10.2 Å². The molecule has 0 bridgehead atoms. The molecule has 2 N–H and O–H groups in total. The van der Waals surface area contributed by atoms with Crippen molar-refractivity contribution in [2.24, 2.45) is 5.73 Å². The fourth-order valence-corrected chi connectivity index (χ4v) is 3.27. The first-order valence-electron chi connectivity index (χ1n) is 8.29. The molecular weight excluding hydrogens is 330 g/mol. The van der Waals surface area contributed by atoms with Gasteiger partial charge in [-0.15, -0.1) is 0 Å². The molecule has 2 heterocycles. The highest BCUT2D eigenvalue weighted by Crippen LogP contribution is 2.37. The molecule has 6 heteroatoms. The zero-order valence-electron chi connectivity index (χ0n) is 14.2. The molecular formula is C20H17N3O3. The number of benzene rings is 2. The van der Waals surface area contributed by atoms with E-state index in [1.807, 2.05) is 54.6 Å². The van der Waals surface area contributed by atoms with E-state index in [1.54, 1.807) is 11.8 Å². The SMILES string of the molecule is Cc1oc(-c2ccccc2)nc1C(=O)N1C[C@H](C(N)=O)c2ccccc21. The number of nitrogens with two attached hydrogens (primary N) is 1. The van der Waals surface area contributed by atoms with Crippen molar-refractivity contribution in [2.75, 3.05) is 11.4 Å². The van der Waals surface area contributed by atoms with Crippen molar-refractivity contribution in [3.8, 4) is 11.5 Å². The van der Waals surface area contributed by atoms with Crippen LogP contribution in [-0.4, -0.2) is 23.3 Å². The molecule has 0 radical (unpaired) electrons. The number of hydrogen-bond acceptors (Lipinski definition) is 4. The summed E-state index contributed by atoms with van der Waals surface area (Å²) in [4.78, 5) is 30.8. The normalized spacial score (nSPS) is 15.7. The van der Waals surface area contributed by atoms with E-state index in [0.717, 1.165) is 11.1 Å². The van der Waals surface area contributed by atoms with Gasteiger partial charge in [0.15, 0.2) is 5.69 Å². The van der Waals surface area contributed by atoms with Crippen LogP contribution in [0.3, 0.4) is 0 Å². The summed E-state index contributed by atoms with van der Waals surface area (Å²) in [6, 6.07) is 16.7. The molecule has 1 aliphatic heterocycles. The maximum absolute atomic E-state index is 13.1. The predicted molar refractivity (Wildman–Crippen MR) is 96.7 cm³/mol. The van der Waals surface area contributed by atoms with E-state index in [-0.39, 0.29) is 18.1 Å². The van der Waals surface area contributed by atoms with E-state index in [1.165, 1.54) is 0 Å². The smallest absolute Gasteiger partial charge is 0.280 e. The number of fused-ring (bicyclic) bond motifs is 1. The Morgan fingerprint density at radius 1 is 1.12 bits per heavy atom. The van der Waals surface area contributed by atoms with Gasteiger partial charge in [-0.2, -0.15) is 0 Å². The minimum absolute atomic E-state index is 0.209. The summed E-state index contributed by atoms with van der Waals surface area (Å²) >= 11 is 0. The second-order valence-electron chi connectivity index (χ2n) is 6.22. The van der Waals surface area contributed by atoms with Gasteiger partial charge in [-0.1, -0.05) is 36.4 Å². The van der Waals surface area contributed by atoms with Gasteiger partial charge in [0, 0.05) is 17.8 Å². The van der Waals surface area contributed by atoms with Crippen molar-refractivity contribution in [3.05, 3.63) is 71.6 Å². The first-order chi connectivity index (χ1) is 12.6. The minimum Gasteiger partial charge on any atom is -0.441 e. The lowest BCUT2D eigenvalue weighted by Crippen LogP contribution is -2.33. The van der Waals surface area contributed by atoms with Gasteiger partial charge in [-0.3, -0.25) is 9.59 Å². The number of nitrogens with zero attached hydrogens (tertiary/aromatic N) is 2. The molecule has 1 atom stereocenters. The van der Waals surface area contributed by atoms with Crippen LogP contribution in [0.1, 0.15) is 27.7 Å². The zero-order valence-corrected chi connectivity index (χ0v) is 14.2. The molecule has 4 rings (SSSR count). The zero-order chi connectivity index (χ0) is 18.3. The van der Waals surface area contributed by atoms with Crippen LogP contribution in [0.2, 0.25) is 0 Å². The standard InChI is InChI=1S/C20H17N3O3/c1-12-17(22-19(26-12)13-7-3-2-4-8-13)20(25)23-11-15(18(21)24)14-9-5-6-10-16(14)23/h2-10,15H,11H2,1H3,(H2,21,24)/t15-/m0/s1. The second-order valence-corrected chi connectivity index (χ2v) is 6.22. The van der Waals surface area contributed by atoms with Crippen LogP contribution >= 0.6 is 0 Å². The second kappa shape index (κ2) is 6.15. The van der Waals surface area contributed by atoms with Crippen molar-refractivity contribution in [2.45, 2.75) is 12.8 Å². The lowest BCUT2D eigenvalue weighted by molar-refractivity contribution is -0.119. The fourth-order valence-electron chi connectivity index (χ4n) is 3.27. The number of aryl methyl sites for hydroxylation is 1. The van der Waals surface area contributed by atoms with Gasteiger partial charge < -0.3 is 15.1 Å². The Labute approximate surface area is 150 Å². The van der Waals surface area contributed by atoms with E-state index < -0.39 is 11.8 Å². The summed E-state index contributed by atoms with van der Waals surface area (Å²) in [5.74, 6) is -0.436. The lowest BCUT2D eigenvalue weighted by atomic mass is 10.0. The summed E-state index contributed by atoms with van der Waals surface area (Å²) in [5, 5.41) is 0. The molecule has 0 unspecified atom stereocenters. The van der Waals surface area contributed by atoms with Crippen LogP contribution in [-0.2, 0) is 4.79 Å². The van der Waals surface area contributed by atoms with Crippen molar-refractivity contribution in [1.29, 1.82) is 0 Å². The molecule has 0 fully saturated rings. The van der Waals surface area contributed by atoms with Crippen molar-refractivity contribution in [1.82, 2.24) is 4.98 Å². The van der Waals surface area contributed by atoms with Gasteiger partial charge in [-0.05, 0) is 30.7 Å². The highest BCUT2D eigenvalue weighted by Gasteiger charge is 2.37. The number of primary amides is 1. The first kappa shape index (κ1) is 16.1. The van der Waals surface area contributed by atoms with Crippen molar-refractivity contribution in [3.63, 3.8) is 0 Å². The third-order valence-corrected chi connectivity index (χ3v) is 4.58. The van der Waals surface area contributed by atoms with Gasteiger partial charge in [0.05, 0.1) is 5.92 Å². The quantitative estimate of drug-likeness (QED) is 0.789. The van der Waals surface area contributed by atoms with Gasteiger partial charge in [0.2, 0.25) is 11.8 Å². The van der Waals surface area contributed by atoms with E-state index >= 15 is 0 Å². The average Bonchev–Trinajstić information content (AvgIpc) is 3.23. The summed E-state index contributed by atoms with van der Waals surface area (Å²) in [6.45, 7) is 1.92. The van der Waals surface area contributed by atoms with Gasteiger partial charge in [0.25, 0.3) is 5.91 Å². The molecule has 0 saturated heterocycles. The summed E-state index contributed by atoms with van der Waals surface area (Å²) in [6.07, 6.45) is 0. The third-order valence-electron chi connectivity index (χ3n) is 4.58. The largest absolute Gasteiger partial charge is 0.441 e. The van der Waals surface area contributed by atoms with E-state index in [9.17, 15) is 9.59 Å². The van der Waals surface area contributed by atoms with Gasteiger partial charge in [0.1, 0.15) is 5.76 Å². The Balaban J connectivity index is 1.71. The predicted octanol–water partition coefficient (Wildman–Crippen LogP) is 2.88. The number of hydrogen-bond donors (Lipinski definition) is 1. The number of aromatic nitrogens is 1. The van der Waals surface area contributed by atoms with Crippen LogP contribution in [0, 0.1) is 6.92 Å². The van der Waals surface area contributed by atoms with E-state index in [2.05, 4.69) is 4.98 Å². The summed E-state index contributed by atoms with van der Waals surface area (Å²) in [7, 11) is 0. The molecule has 1 aromatic heterocycles. The van der Waals surface area contributed by atoms with Gasteiger partial charge >= 0.3 is 0 Å². The molecule has 26 heavy (non-hydrogen) atoms.